The van der Waals surface area contributed by atoms with Crippen LogP contribution in [0.5, 0.6) is 0 Å². The molecule has 0 saturated carbocycles. The Morgan fingerprint density at radius 1 is 1.00 bits per heavy atom. The van der Waals surface area contributed by atoms with Gasteiger partial charge in [0.2, 0.25) is 5.95 Å². The fraction of sp³-hybridized carbons (Fsp3) is 0.433. The first kappa shape index (κ1) is 32.5. The Kier molecular flexibility index (Phi) is 10.5. The Labute approximate surface area is 249 Å². The van der Waals surface area contributed by atoms with E-state index >= 15 is 0 Å². The van der Waals surface area contributed by atoms with Gasteiger partial charge in [0, 0.05) is 48.5 Å². The van der Waals surface area contributed by atoms with Gasteiger partial charge in [-0.15, -0.1) is 0 Å². The number of halogens is 5. The average molecular weight is 625 g/mol. The predicted molar refractivity (Wildman–Crippen MR) is 152 cm³/mol. The largest absolute Gasteiger partial charge is 0.416 e. The number of rotatable bonds is 11. The molecule has 13 heteroatoms. The zero-order chi connectivity index (χ0) is 31.2. The summed E-state index contributed by atoms with van der Waals surface area (Å²) in [5, 5.41) is 2.78. The lowest BCUT2D eigenvalue weighted by Crippen LogP contribution is -2.47. The molecular weight excluding hydrogens is 591 g/mol. The molecule has 43 heavy (non-hydrogen) atoms. The molecule has 1 saturated heterocycles. The molecule has 1 fully saturated rings. The summed E-state index contributed by atoms with van der Waals surface area (Å²) in [7, 11) is -1.07. The van der Waals surface area contributed by atoms with Crippen molar-refractivity contribution in [3.8, 4) is 0 Å². The Morgan fingerprint density at radius 2 is 1.65 bits per heavy atom. The molecule has 232 valence electrons. The third kappa shape index (κ3) is 8.56. The lowest BCUT2D eigenvalue weighted by atomic mass is 9.87. The Bertz CT molecular complexity index is 1390. The molecule has 3 atom stereocenters. The predicted octanol–water partition coefficient (Wildman–Crippen LogP) is 6.32. The van der Waals surface area contributed by atoms with E-state index < -0.39 is 47.0 Å². The minimum atomic E-state index is -4.45. The fourth-order valence-corrected chi connectivity index (χ4v) is 5.55. The highest BCUT2D eigenvalue weighted by atomic mass is 32.2. The van der Waals surface area contributed by atoms with Crippen LogP contribution in [0.4, 0.5) is 27.9 Å². The van der Waals surface area contributed by atoms with Crippen LogP contribution in [0, 0.1) is 0 Å². The van der Waals surface area contributed by atoms with Gasteiger partial charge >= 0.3 is 12.3 Å². The number of nitrogens with one attached hydrogen (secondary N) is 1. The van der Waals surface area contributed by atoms with Crippen LogP contribution in [0.1, 0.15) is 66.1 Å². The van der Waals surface area contributed by atoms with Crippen LogP contribution in [0.2, 0.25) is 0 Å². The zero-order valence-electron chi connectivity index (χ0n) is 23.7. The lowest BCUT2D eigenvalue weighted by molar-refractivity contribution is -0.242. The maximum absolute atomic E-state index is 13.9. The van der Waals surface area contributed by atoms with E-state index in [0.717, 1.165) is 17.7 Å². The second kappa shape index (κ2) is 13.9. The Balaban J connectivity index is 1.46. The van der Waals surface area contributed by atoms with Crippen molar-refractivity contribution < 1.29 is 35.7 Å². The summed E-state index contributed by atoms with van der Waals surface area (Å²) in [6.45, 7) is 3.35. The number of anilines is 1. The summed E-state index contributed by atoms with van der Waals surface area (Å²) in [5.74, 6) is 0.0913. The van der Waals surface area contributed by atoms with Gasteiger partial charge < -0.3 is 15.0 Å². The van der Waals surface area contributed by atoms with Crippen LogP contribution < -0.4 is 10.2 Å². The molecule has 1 aliphatic heterocycles. The second-order valence-electron chi connectivity index (χ2n) is 10.2. The molecule has 7 nitrogen and oxygen atoms in total. The first-order valence-electron chi connectivity index (χ1n) is 13.9. The van der Waals surface area contributed by atoms with Gasteiger partial charge in [0.15, 0.2) is 0 Å². The SMILES string of the molecule is CCS(=O)c1ccc(CNC(=O)c2cnc(N3CC(c4ccc(C(F)(F)F)cc4)CCC3COC(F)(F)CC)nc2)cc1. The van der Waals surface area contributed by atoms with E-state index in [1.807, 2.05) is 6.92 Å². The molecule has 3 aromatic rings. The first-order valence-corrected chi connectivity index (χ1v) is 15.2. The third-order valence-corrected chi connectivity index (χ3v) is 8.70. The van der Waals surface area contributed by atoms with E-state index in [4.69, 9.17) is 4.74 Å². The number of carbonyl (C=O) groups is 1. The molecule has 2 aromatic carbocycles. The topological polar surface area (TPSA) is 84.4 Å². The van der Waals surface area contributed by atoms with Crippen molar-refractivity contribution in [1.82, 2.24) is 15.3 Å². The molecule has 0 spiro atoms. The van der Waals surface area contributed by atoms with Gasteiger partial charge in [0.1, 0.15) is 0 Å². The minimum absolute atomic E-state index is 0.189. The summed E-state index contributed by atoms with van der Waals surface area (Å²) in [6.07, 6.45) is -4.60. The van der Waals surface area contributed by atoms with Crippen LogP contribution in [-0.2, 0) is 28.3 Å². The highest BCUT2D eigenvalue weighted by Gasteiger charge is 2.36. The Morgan fingerprint density at radius 3 is 2.23 bits per heavy atom. The number of piperidine rings is 1. The van der Waals surface area contributed by atoms with Gasteiger partial charge in [-0.1, -0.05) is 38.1 Å². The van der Waals surface area contributed by atoms with Gasteiger partial charge in [-0.2, -0.15) is 22.0 Å². The van der Waals surface area contributed by atoms with Crippen molar-refractivity contribution in [1.29, 1.82) is 0 Å². The normalized spacial score (nSPS) is 18.3. The molecular formula is C30H33F5N4O3S. The van der Waals surface area contributed by atoms with Crippen LogP contribution in [0.3, 0.4) is 0 Å². The summed E-state index contributed by atoms with van der Waals surface area (Å²) in [6, 6.07) is 11.5. The van der Waals surface area contributed by atoms with Crippen LogP contribution in [-0.4, -0.2) is 51.1 Å². The summed E-state index contributed by atoms with van der Waals surface area (Å²) < 4.78 is 83.7. The van der Waals surface area contributed by atoms with E-state index in [2.05, 4.69) is 15.3 Å². The fourth-order valence-electron chi connectivity index (χ4n) is 4.78. The number of amides is 1. The molecule has 1 amide bonds. The number of aromatic nitrogens is 2. The van der Waals surface area contributed by atoms with Gasteiger partial charge in [0.25, 0.3) is 5.91 Å². The first-order chi connectivity index (χ1) is 20.4. The maximum atomic E-state index is 13.9. The summed E-state index contributed by atoms with van der Waals surface area (Å²) >= 11 is 0. The molecule has 0 aliphatic carbocycles. The zero-order valence-corrected chi connectivity index (χ0v) is 24.6. The number of hydrogen-bond donors (Lipinski definition) is 1. The average Bonchev–Trinajstić information content (AvgIpc) is 3.02. The van der Waals surface area contributed by atoms with Crippen molar-refractivity contribution in [2.75, 3.05) is 23.8 Å². The summed E-state index contributed by atoms with van der Waals surface area (Å²) in [4.78, 5) is 23.8. The van der Waals surface area contributed by atoms with E-state index in [9.17, 15) is 31.0 Å². The second-order valence-corrected chi connectivity index (χ2v) is 12.0. The molecule has 1 aliphatic rings. The van der Waals surface area contributed by atoms with Crippen molar-refractivity contribution in [2.24, 2.45) is 0 Å². The van der Waals surface area contributed by atoms with Gasteiger partial charge in [-0.3, -0.25) is 9.00 Å². The van der Waals surface area contributed by atoms with E-state index in [0.29, 0.717) is 29.1 Å². The molecule has 0 radical (unpaired) electrons. The quantitative estimate of drug-likeness (QED) is 0.251. The number of carbonyl (C=O) groups excluding carboxylic acids is 1. The number of benzene rings is 2. The van der Waals surface area contributed by atoms with Crippen molar-refractivity contribution in [3.05, 3.63) is 83.2 Å². The minimum Gasteiger partial charge on any atom is -0.348 e. The molecule has 4 rings (SSSR count). The maximum Gasteiger partial charge on any atom is 0.416 e. The molecule has 1 N–H and O–H groups in total. The smallest absolute Gasteiger partial charge is 0.348 e. The molecule has 3 unspecified atom stereocenters. The van der Waals surface area contributed by atoms with Crippen molar-refractivity contribution >= 4 is 22.7 Å². The van der Waals surface area contributed by atoms with Gasteiger partial charge in [-0.25, -0.2) is 9.97 Å². The van der Waals surface area contributed by atoms with Gasteiger partial charge in [-0.05, 0) is 48.2 Å². The number of alkyl halides is 5. The van der Waals surface area contributed by atoms with E-state index in [1.54, 1.807) is 29.2 Å². The number of nitrogens with zero attached hydrogens (tertiary/aromatic N) is 3. The third-order valence-electron chi connectivity index (χ3n) is 7.37. The van der Waals surface area contributed by atoms with Crippen LogP contribution in [0.25, 0.3) is 0 Å². The number of hydrogen-bond acceptors (Lipinski definition) is 6. The van der Waals surface area contributed by atoms with Crippen LogP contribution >= 0.6 is 0 Å². The monoisotopic (exact) mass is 624 g/mol. The van der Waals surface area contributed by atoms with Crippen molar-refractivity contribution in [2.45, 2.75) is 68.8 Å². The lowest BCUT2D eigenvalue weighted by Gasteiger charge is -2.40. The number of ether oxygens (including phenoxy) is 1. The molecule has 0 bridgehead atoms. The molecule has 1 aromatic heterocycles. The summed E-state index contributed by atoms with van der Waals surface area (Å²) in [5.41, 5.74) is 0.937. The standard InChI is InChI=1S/C30H33F5N4O3S/c1-3-29(31,32)42-19-25-12-9-22(21-7-10-24(11-8-21)30(33,34)35)18-39(25)28-37-16-23(17-38-28)27(40)36-15-20-5-13-26(14-6-20)43(41)4-2/h5-8,10-11,13-14,16-17,22,25H,3-4,9,12,15,18-19H2,1-2H3,(H,36,40). The van der Waals surface area contributed by atoms with E-state index in [1.165, 1.54) is 31.5 Å². The van der Waals surface area contributed by atoms with Gasteiger partial charge in [0.05, 0.1) is 34.6 Å². The van der Waals surface area contributed by atoms with Crippen molar-refractivity contribution in [3.63, 3.8) is 0 Å². The highest BCUT2D eigenvalue weighted by molar-refractivity contribution is 7.85. The van der Waals surface area contributed by atoms with E-state index in [-0.39, 0.29) is 37.1 Å². The molecule has 2 heterocycles. The highest BCUT2D eigenvalue weighted by Crippen LogP contribution is 2.35. The van der Waals surface area contributed by atoms with Crippen LogP contribution in [0.15, 0.2) is 65.8 Å². The Hall–Kier alpha value is -3.45.